The molecule has 2 aliphatic heterocycles. The van der Waals surface area contributed by atoms with Crippen molar-refractivity contribution in [3.8, 4) is 0 Å². The lowest BCUT2D eigenvalue weighted by Crippen LogP contribution is -2.43. The summed E-state index contributed by atoms with van der Waals surface area (Å²) >= 11 is 0. The fourth-order valence-corrected chi connectivity index (χ4v) is 7.13. The van der Waals surface area contributed by atoms with Gasteiger partial charge in [0.1, 0.15) is 25.0 Å². The van der Waals surface area contributed by atoms with Gasteiger partial charge in [0.05, 0.1) is 16.6 Å². The highest BCUT2D eigenvalue weighted by molar-refractivity contribution is 5.91. The molecule has 226 valence electrons. The molecule has 1 aromatic heterocycles. The highest BCUT2D eigenvalue weighted by atomic mass is 16.6. The number of fused-ring (bicyclic) bond motifs is 2. The van der Waals surface area contributed by atoms with Crippen molar-refractivity contribution >= 4 is 22.8 Å². The van der Waals surface area contributed by atoms with Crippen LogP contribution in [0.3, 0.4) is 0 Å². The largest absolute Gasteiger partial charge is 0.459 e. The van der Waals surface area contributed by atoms with Gasteiger partial charge in [0.25, 0.3) is 0 Å². The lowest BCUT2D eigenvalue weighted by atomic mass is 9.77. The van der Waals surface area contributed by atoms with Crippen LogP contribution in [0, 0.1) is 13.8 Å². The van der Waals surface area contributed by atoms with Crippen LogP contribution >= 0.6 is 0 Å². The van der Waals surface area contributed by atoms with Crippen LogP contribution in [0.5, 0.6) is 0 Å². The molecule has 3 heterocycles. The molecule has 44 heavy (non-hydrogen) atoms. The first-order chi connectivity index (χ1) is 21.2. The number of nitrogens with zero attached hydrogens (tertiary/aromatic N) is 2. The maximum atomic E-state index is 13.2. The summed E-state index contributed by atoms with van der Waals surface area (Å²) in [6.45, 7) is 7.12. The van der Waals surface area contributed by atoms with Crippen molar-refractivity contribution in [2.24, 2.45) is 0 Å². The Morgan fingerprint density at radius 2 is 1.59 bits per heavy atom. The summed E-state index contributed by atoms with van der Waals surface area (Å²) in [6.07, 6.45) is 4.48. The predicted molar refractivity (Wildman–Crippen MR) is 169 cm³/mol. The van der Waals surface area contributed by atoms with Gasteiger partial charge in [-0.2, -0.15) is 0 Å². The molecule has 0 amide bonds. The van der Waals surface area contributed by atoms with Crippen LogP contribution in [0.25, 0.3) is 10.9 Å². The third-order valence-electron chi connectivity index (χ3n) is 9.40. The van der Waals surface area contributed by atoms with Crippen LogP contribution in [-0.4, -0.2) is 59.9 Å². The Balaban J connectivity index is 1.17. The lowest BCUT2D eigenvalue weighted by Gasteiger charge is -2.40. The number of benzene rings is 3. The van der Waals surface area contributed by atoms with Crippen molar-refractivity contribution in [1.82, 2.24) is 9.47 Å². The third kappa shape index (κ3) is 5.24. The van der Waals surface area contributed by atoms with Crippen LogP contribution in [0.1, 0.15) is 68.5 Å². The van der Waals surface area contributed by atoms with Crippen molar-refractivity contribution in [2.45, 2.75) is 64.0 Å². The van der Waals surface area contributed by atoms with Crippen LogP contribution in [-0.2, 0) is 20.6 Å². The molecule has 3 aliphatic rings. The number of rotatable bonds is 6. The Morgan fingerprint density at radius 3 is 2.30 bits per heavy atom. The molecule has 3 aromatic carbocycles. The number of esters is 2. The van der Waals surface area contributed by atoms with Crippen molar-refractivity contribution in [1.29, 1.82) is 0 Å². The molecule has 0 bridgehead atoms. The SMILES string of the molecule is CC1=C[C@@H]2c3cccc4c3c(cn4[C@H]3C[C@H](OC(=O)c4ccc(C)cc4)[C@@H](COC(=O)c4ccc(C)cc4)O3)C[C@H]2N(C)C1. The summed E-state index contributed by atoms with van der Waals surface area (Å²) in [5.41, 5.74) is 8.25. The van der Waals surface area contributed by atoms with Gasteiger partial charge in [0, 0.05) is 36.5 Å². The highest BCUT2D eigenvalue weighted by Gasteiger charge is 2.42. The average molecular weight is 591 g/mol. The first-order valence-corrected chi connectivity index (χ1v) is 15.4. The zero-order chi connectivity index (χ0) is 30.5. The number of carbonyl (C=O) groups excluding carboxylic acids is 2. The highest BCUT2D eigenvalue weighted by Crippen LogP contribution is 2.44. The fraction of sp³-hybridized carbons (Fsp3) is 0.351. The van der Waals surface area contributed by atoms with Gasteiger partial charge in [-0.15, -0.1) is 0 Å². The number of carbonyl (C=O) groups is 2. The standard InChI is InChI=1S/C37H38N2O5/c1-22-8-12-25(13-9-22)36(40)42-21-33-32(44-37(41)26-14-10-23(2)11-15-26)18-34(43-33)39-20-27-17-31-29(16-24(3)19-38(31)4)28-6-5-7-30(39)35(27)28/h5-16,20,29,31-34H,17-19,21H2,1-4H3/t29-,31-,32+,33-,34-/m1/s1. The molecule has 0 spiro atoms. The van der Waals surface area contributed by atoms with Gasteiger partial charge in [-0.3, -0.25) is 4.90 Å². The molecule has 1 fully saturated rings. The maximum Gasteiger partial charge on any atom is 0.338 e. The van der Waals surface area contributed by atoms with Gasteiger partial charge < -0.3 is 18.8 Å². The van der Waals surface area contributed by atoms with Crippen molar-refractivity contribution in [3.05, 3.63) is 118 Å². The molecule has 0 unspecified atom stereocenters. The number of aryl methyl sites for hydroxylation is 2. The van der Waals surface area contributed by atoms with E-state index < -0.39 is 24.1 Å². The number of hydrogen-bond acceptors (Lipinski definition) is 6. The molecule has 0 radical (unpaired) electrons. The first-order valence-electron chi connectivity index (χ1n) is 15.4. The summed E-state index contributed by atoms with van der Waals surface area (Å²) in [7, 11) is 2.21. The zero-order valence-electron chi connectivity index (χ0n) is 25.7. The minimum Gasteiger partial charge on any atom is -0.459 e. The second kappa shape index (κ2) is 11.4. The summed E-state index contributed by atoms with van der Waals surface area (Å²) in [4.78, 5) is 28.6. The third-order valence-corrected chi connectivity index (χ3v) is 9.40. The van der Waals surface area contributed by atoms with Crippen LogP contribution in [0.4, 0.5) is 0 Å². The molecule has 4 aromatic rings. The van der Waals surface area contributed by atoms with E-state index >= 15 is 0 Å². The molecule has 0 saturated carbocycles. The topological polar surface area (TPSA) is 70.0 Å². The monoisotopic (exact) mass is 590 g/mol. The van der Waals surface area contributed by atoms with Gasteiger partial charge >= 0.3 is 11.9 Å². The van der Waals surface area contributed by atoms with E-state index in [2.05, 4.69) is 53.9 Å². The molecule has 5 atom stereocenters. The number of aromatic nitrogens is 1. The molecular formula is C37H38N2O5. The maximum absolute atomic E-state index is 13.2. The van der Waals surface area contributed by atoms with E-state index in [0.717, 1.165) is 29.6 Å². The van der Waals surface area contributed by atoms with Crippen molar-refractivity contribution in [3.63, 3.8) is 0 Å². The lowest BCUT2D eigenvalue weighted by molar-refractivity contribution is -0.0561. The Bertz CT molecular complexity index is 1750. The van der Waals surface area contributed by atoms with Crippen molar-refractivity contribution < 1.29 is 23.8 Å². The van der Waals surface area contributed by atoms with E-state index in [9.17, 15) is 9.59 Å². The van der Waals surface area contributed by atoms with E-state index in [-0.39, 0.29) is 12.8 Å². The smallest absolute Gasteiger partial charge is 0.338 e. The minimum absolute atomic E-state index is 0.0224. The summed E-state index contributed by atoms with van der Waals surface area (Å²) in [5, 5.41) is 1.29. The second-order valence-corrected chi connectivity index (χ2v) is 12.7. The summed E-state index contributed by atoms with van der Waals surface area (Å²) < 4.78 is 20.6. The van der Waals surface area contributed by atoms with Gasteiger partial charge in [-0.1, -0.05) is 59.2 Å². The summed E-state index contributed by atoms with van der Waals surface area (Å²) in [6, 6.07) is 21.5. The van der Waals surface area contributed by atoms with Crippen LogP contribution in [0.15, 0.2) is 84.6 Å². The Labute approximate surface area is 258 Å². The molecule has 0 N–H and O–H groups in total. The second-order valence-electron chi connectivity index (χ2n) is 12.7. The average Bonchev–Trinajstić information content (AvgIpc) is 3.59. The quantitative estimate of drug-likeness (QED) is 0.188. The van der Waals surface area contributed by atoms with Gasteiger partial charge in [0.15, 0.2) is 0 Å². The van der Waals surface area contributed by atoms with Gasteiger partial charge in [-0.25, -0.2) is 9.59 Å². The van der Waals surface area contributed by atoms with Crippen LogP contribution in [0.2, 0.25) is 0 Å². The van der Waals surface area contributed by atoms with Crippen LogP contribution < -0.4 is 0 Å². The summed E-state index contributed by atoms with van der Waals surface area (Å²) in [5.74, 6) is -0.496. The van der Waals surface area contributed by atoms with E-state index in [1.807, 2.05) is 38.1 Å². The zero-order valence-corrected chi connectivity index (χ0v) is 25.7. The Kier molecular flexibility index (Phi) is 7.39. The molecule has 7 heteroatoms. The Morgan fingerprint density at radius 1 is 0.909 bits per heavy atom. The molecule has 7 rings (SSSR count). The first kappa shape index (κ1) is 28.6. The molecular weight excluding hydrogens is 552 g/mol. The predicted octanol–water partition coefficient (Wildman–Crippen LogP) is 6.53. The van der Waals surface area contributed by atoms with E-state index in [1.165, 1.54) is 22.1 Å². The van der Waals surface area contributed by atoms with Gasteiger partial charge in [-0.05, 0) is 75.7 Å². The fourth-order valence-electron chi connectivity index (χ4n) is 7.13. The van der Waals surface area contributed by atoms with E-state index in [0.29, 0.717) is 29.5 Å². The molecule has 1 saturated heterocycles. The number of likely N-dealkylation sites (N-methyl/N-ethyl adjacent to an activating group) is 1. The normalized spacial score (nSPS) is 24.5. The minimum atomic E-state index is -0.614. The van der Waals surface area contributed by atoms with E-state index in [1.54, 1.807) is 24.3 Å². The number of ether oxygens (including phenoxy) is 3. The van der Waals surface area contributed by atoms with Gasteiger partial charge in [0.2, 0.25) is 0 Å². The van der Waals surface area contributed by atoms with E-state index in [4.69, 9.17) is 14.2 Å². The van der Waals surface area contributed by atoms with Crippen molar-refractivity contribution in [2.75, 3.05) is 20.2 Å². The molecule has 1 aliphatic carbocycles. The Hall–Kier alpha value is -4.20. The number of hydrogen-bond donors (Lipinski definition) is 0. The molecule has 7 nitrogen and oxygen atoms in total.